The van der Waals surface area contributed by atoms with E-state index < -0.39 is 12.0 Å². The number of anilines is 1. The summed E-state index contributed by atoms with van der Waals surface area (Å²) in [7, 11) is 0. The number of carbonyl (C=O) groups is 1. The van der Waals surface area contributed by atoms with Gasteiger partial charge in [0.1, 0.15) is 6.04 Å². The van der Waals surface area contributed by atoms with Crippen molar-refractivity contribution in [2.45, 2.75) is 25.9 Å². The van der Waals surface area contributed by atoms with Crippen molar-refractivity contribution < 1.29 is 9.90 Å². The molecular formula is C14H17N3O2. The van der Waals surface area contributed by atoms with E-state index in [2.05, 4.69) is 10.4 Å². The van der Waals surface area contributed by atoms with Crippen LogP contribution >= 0.6 is 0 Å². The minimum absolute atomic E-state index is 0.533. The largest absolute Gasteiger partial charge is 0.480 e. The van der Waals surface area contributed by atoms with E-state index in [0.717, 1.165) is 11.3 Å². The van der Waals surface area contributed by atoms with Gasteiger partial charge in [0.2, 0.25) is 0 Å². The summed E-state index contributed by atoms with van der Waals surface area (Å²) in [6.07, 6.45) is 4.14. The predicted molar refractivity (Wildman–Crippen MR) is 73.1 cm³/mol. The quantitative estimate of drug-likeness (QED) is 0.834. The van der Waals surface area contributed by atoms with Gasteiger partial charge in [0.15, 0.2) is 0 Å². The summed E-state index contributed by atoms with van der Waals surface area (Å²) >= 11 is 0. The lowest BCUT2D eigenvalue weighted by atomic mass is 10.1. The lowest BCUT2D eigenvalue weighted by Gasteiger charge is -2.17. The smallest absolute Gasteiger partial charge is 0.326 e. The molecule has 0 bridgehead atoms. The number of carboxylic acid groups (broad SMARTS) is 1. The summed E-state index contributed by atoms with van der Waals surface area (Å²) in [6.45, 7) is 2.47. The molecule has 0 fully saturated rings. The van der Waals surface area contributed by atoms with Gasteiger partial charge in [-0.25, -0.2) is 4.79 Å². The third-order valence-electron chi connectivity index (χ3n) is 2.94. The van der Waals surface area contributed by atoms with Crippen LogP contribution < -0.4 is 5.32 Å². The van der Waals surface area contributed by atoms with Crippen LogP contribution in [-0.4, -0.2) is 26.9 Å². The SMILES string of the molecule is CCC(Nc1ccccc1Cn1cccn1)C(=O)O. The first-order valence-corrected chi connectivity index (χ1v) is 6.25. The van der Waals surface area contributed by atoms with Gasteiger partial charge in [-0.2, -0.15) is 5.10 Å². The average Bonchev–Trinajstić information content (AvgIpc) is 2.90. The molecule has 2 N–H and O–H groups in total. The highest BCUT2D eigenvalue weighted by Crippen LogP contribution is 2.18. The molecule has 0 saturated carbocycles. The van der Waals surface area contributed by atoms with E-state index in [1.54, 1.807) is 6.20 Å². The van der Waals surface area contributed by atoms with Gasteiger partial charge in [0.05, 0.1) is 6.54 Å². The summed E-state index contributed by atoms with van der Waals surface area (Å²) in [4.78, 5) is 11.1. The first kappa shape index (κ1) is 13.1. The van der Waals surface area contributed by atoms with E-state index in [9.17, 15) is 4.79 Å². The average molecular weight is 259 g/mol. The zero-order valence-electron chi connectivity index (χ0n) is 10.8. The van der Waals surface area contributed by atoms with E-state index in [4.69, 9.17) is 5.11 Å². The topological polar surface area (TPSA) is 67.2 Å². The molecule has 1 aromatic carbocycles. The Morgan fingerprint density at radius 2 is 2.21 bits per heavy atom. The molecular weight excluding hydrogens is 242 g/mol. The maximum absolute atomic E-state index is 11.1. The van der Waals surface area contributed by atoms with Crippen LogP contribution in [0.5, 0.6) is 0 Å². The standard InChI is InChI=1S/C14H17N3O2/c1-2-12(14(18)19)16-13-7-4-3-6-11(13)10-17-9-5-8-15-17/h3-9,12,16H,2,10H2,1H3,(H,18,19). The van der Waals surface area contributed by atoms with Gasteiger partial charge < -0.3 is 10.4 Å². The Balaban J connectivity index is 2.18. The Morgan fingerprint density at radius 3 is 2.84 bits per heavy atom. The van der Waals surface area contributed by atoms with Crippen LogP contribution in [0, 0.1) is 0 Å². The summed E-state index contributed by atoms with van der Waals surface area (Å²) in [5, 5.41) is 16.3. The maximum atomic E-state index is 11.1. The molecule has 2 rings (SSSR count). The highest BCUT2D eigenvalue weighted by atomic mass is 16.4. The van der Waals surface area contributed by atoms with Crippen molar-refractivity contribution in [3.05, 3.63) is 48.3 Å². The van der Waals surface area contributed by atoms with Crippen LogP contribution in [0.1, 0.15) is 18.9 Å². The number of benzene rings is 1. The zero-order valence-corrected chi connectivity index (χ0v) is 10.8. The molecule has 0 radical (unpaired) electrons. The Kier molecular flexibility index (Phi) is 4.18. The zero-order chi connectivity index (χ0) is 13.7. The van der Waals surface area contributed by atoms with Crippen molar-refractivity contribution in [1.29, 1.82) is 0 Å². The molecule has 0 aliphatic carbocycles. The van der Waals surface area contributed by atoms with E-state index in [-0.39, 0.29) is 0 Å². The number of para-hydroxylation sites is 1. The molecule has 0 amide bonds. The molecule has 1 atom stereocenters. The minimum Gasteiger partial charge on any atom is -0.480 e. The fraction of sp³-hybridized carbons (Fsp3) is 0.286. The van der Waals surface area contributed by atoms with Gasteiger partial charge in [-0.1, -0.05) is 25.1 Å². The minimum atomic E-state index is -0.837. The number of aromatic nitrogens is 2. The van der Waals surface area contributed by atoms with Gasteiger partial charge in [0, 0.05) is 18.1 Å². The number of hydrogen-bond acceptors (Lipinski definition) is 3. The van der Waals surface area contributed by atoms with Gasteiger partial charge in [0.25, 0.3) is 0 Å². The second kappa shape index (κ2) is 6.04. The molecule has 2 aromatic rings. The highest BCUT2D eigenvalue weighted by molar-refractivity contribution is 5.77. The molecule has 5 heteroatoms. The Bertz CT molecular complexity index is 537. The molecule has 1 aromatic heterocycles. The second-order valence-electron chi connectivity index (χ2n) is 4.30. The van der Waals surface area contributed by atoms with E-state index >= 15 is 0 Å². The number of carboxylic acids is 1. The van der Waals surface area contributed by atoms with Crippen molar-refractivity contribution in [2.24, 2.45) is 0 Å². The first-order valence-electron chi connectivity index (χ1n) is 6.25. The third kappa shape index (κ3) is 3.34. The Hall–Kier alpha value is -2.30. The molecule has 0 saturated heterocycles. The molecule has 100 valence electrons. The van der Waals surface area contributed by atoms with Crippen molar-refractivity contribution in [3.63, 3.8) is 0 Å². The summed E-state index contributed by atoms with van der Waals surface area (Å²) < 4.78 is 1.81. The van der Waals surface area contributed by atoms with Crippen LogP contribution in [0.25, 0.3) is 0 Å². The molecule has 5 nitrogen and oxygen atoms in total. The van der Waals surface area contributed by atoms with Crippen LogP contribution in [-0.2, 0) is 11.3 Å². The van der Waals surface area contributed by atoms with Gasteiger partial charge in [-0.3, -0.25) is 4.68 Å². The molecule has 0 aliphatic heterocycles. The Morgan fingerprint density at radius 1 is 1.42 bits per heavy atom. The van der Waals surface area contributed by atoms with Crippen molar-refractivity contribution in [3.8, 4) is 0 Å². The molecule has 19 heavy (non-hydrogen) atoms. The highest BCUT2D eigenvalue weighted by Gasteiger charge is 2.15. The molecule has 0 spiro atoms. The number of nitrogens with one attached hydrogen (secondary N) is 1. The second-order valence-corrected chi connectivity index (χ2v) is 4.30. The molecule has 1 unspecified atom stereocenters. The van der Waals surface area contributed by atoms with Crippen LogP contribution in [0.15, 0.2) is 42.7 Å². The third-order valence-corrected chi connectivity index (χ3v) is 2.94. The monoisotopic (exact) mass is 259 g/mol. The maximum Gasteiger partial charge on any atom is 0.326 e. The lowest BCUT2D eigenvalue weighted by molar-refractivity contribution is -0.137. The number of hydrogen-bond donors (Lipinski definition) is 2. The van der Waals surface area contributed by atoms with Gasteiger partial charge >= 0.3 is 5.97 Å². The molecule has 1 heterocycles. The first-order chi connectivity index (χ1) is 9.20. The molecule has 0 aliphatic rings. The van der Waals surface area contributed by atoms with E-state index in [1.807, 2.05) is 48.1 Å². The summed E-state index contributed by atoms with van der Waals surface area (Å²) in [6, 6.07) is 8.99. The van der Waals surface area contributed by atoms with Crippen LogP contribution in [0.2, 0.25) is 0 Å². The van der Waals surface area contributed by atoms with Gasteiger partial charge in [-0.05, 0) is 24.1 Å². The summed E-state index contributed by atoms with van der Waals surface area (Å²) in [5.74, 6) is -0.837. The fourth-order valence-electron chi connectivity index (χ4n) is 1.89. The van der Waals surface area contributed by atoms with E-state index in [1.165, 1.54) is 0 Å². The lowest BCUT2D eigenvalue weighted by Crippen LogP contribution is -2.28. The van der Waals surface area contributed by atoms with Crippen LogP contribution in [0.3, 0.4) is 0 Å². The predicted octanol–water partition coefficient (Wildman–Crippen LogP) is 2.21. The van der Waals surface area contributed by atoms with Crippen molar-refractivity contribution in [2.75, 3.05) is 5.32 Å². The Labute approximate surface area is 111 Å². The normalized spacial score (nSPS) is 12.1. The van der Waals surface area contributed by atoms with Crippen molar-refractivity contribution >= 4 is 11.7 Å². The number of aliphatic carboxylic acids is 1. The van der Waals surface area contributed by atoms with Crippen molar-refractivity contribution in [1.82, 2.24) is 9.78 Å². The van der Waals surface area contributed by atoms with Crippen LogP contribution in [0.4, 0.5) is 5.69 Å². The summed E-state index contributed by atoms with van der Waals surface area (Å²) in [5.41, 5.74) is 1.86. The van der Waals surface area contributed by atoms with Gasteiger partial charge in [-0.15, -0.1) is 0 Å². The van der Waals surface area contributed by atoms with E-state index in [0.29, 0.717) is 13.0 Å². The fourth-order valence-corrected chi connectivity index (χ4v) is 1.89. The number of nitrogens with zero attached hydrogens (tertiary/aromatic N) is 2. The number of rotatable bonds is 6.